The number of nitrogens with one attached hydrogen (secondary N) is 1. The Kier molecular flexibility index (Phi) is 7.18. The van der Waals surface area contributed by atoms with Crippen molar-refractivity contribution in [2.75, 3.05) is 39.2 Å². The van der Waals surface area contributed by atoms with Crippen molar-refractivity contribution in [1.82, 2.24) is 19.4 Å². The first-order valence-corrected chi connectivity index (χ1v) is 12.2. The van der Waals surface area contributed by atoms with Gasteiger partial charge in [0.2, 0.25) is 11.8 Å². The van der Waals surface area contributed by atoms with Gasteiger partial charge >= 0.3 is 0 Å². The maximum absolute atomic E-state index is 5.89. The fraction of sp³-hybridized carbons (Fsp3) is 0.333. The summed E-state index contributed by atoms with van der Waals surface area (Å²) in [4.78, 5) is 11.3. The summed E-state index contributed by atoms with van der Waals surface area (Å²) in [7, 11) is 4.19. The van der Waals surface area contributed by atoms with Gasteiger partial charge in [-0.25, -0.2) is 9.97 Å². The zero-order valence-corrected chi connectivity index (χ0v) is 20.8. The molecule has 0 aliphatic carbocycles. The predicted octanol–water partition coefficient (Wildman–Crippen LogP) is 5.24. The number of hydrogen-bond donors (Lipinski definition) is 1. The summed E-state index contributed by atoms with van der Waals surface area (Å²) >= 11 is 5.89. The highest BCUT2D eigenvalue weighted by Crippen LogP contribution is 2.25. The molecular formula is C27H30ClN5O2. The first kappa shape index (κ1) is 23.6. The van der Waals surface area contributed by atoms with Crippen LogP contribution in [-0.4, -0.2) is 53.3 Å². The van der Waals surface area contributed by atoms with Crippen LogP contribution in [0, 0.1) is 5.92 Å². The van der Waals surface area contributed by atoms with Crippen molar-refractivity contribution in [2.45, 2.75) is 19.5 Å². The molecule has 0 atom stereocenters. The molecule has 1 aliphatic heterocycles. The second-order valence-corrected chi connectivity index (χ2v) is 9.67. The van der Waals surface area contributed by atoms with Crippen LogP contribution in [0.1, 0.15) is 11.1 Å². The van der Waals surface area contributed by atoms with Gasteiger partial charge in [-0.1, -0.05) is 29.8 Å². The molecule has 7 nitrogen and oxygen atoms in total. The zero-order chi connectivity index (χ0) is 24.2. The van der Waals surface area contributed by atoms with Gasteiger partial charge in [0.05, 0.1) is 29.3 Å². The van der Waals surface area contributed by atoms with Crippen LogP contribution >= 0.6 is 11.6 Å². The molecule has 35 heavy (non-hydrogen) atoms. The molecule has 1 saturated heterocycles. The van der Waals surface area contributed by atoms with E-state index in [4.69, 9.17) is 26.1 Å². The Morgan fingerprint density at radius 1 is 1.09 bits per heavy atom. The molecule has 0 radical (unpaired) electrons. The van der Waals surface area contributed by atoms with E-state index in [1.165, 1.54) is 11.1 Å². The second kappa shape index (κ2) is 10.6. The van der Waals surface area contributed by atoms with E-state index in [-0.39, 0.29) is 0 Å². The summed E-state index contributed by atoms with van der Waals surface area (Å²) in [5.74, 6) is 2.76. The molecule has 2 aromatic carbocycles. The Bertz CT molecular complexity index is 1270. The molecule has 2 aromatic heterocycles. The molecule has 0 spiro atoms. The number of rotatable bonds is 10. The summed E-state index contributed by atoms with van der Waals surface area (Å²) in [6, 6.07) is 18.1. The van der Waals surface area contributed by atoms with Crippen LogP contribution in [0.15, 0.2) is 60.8 Å². The summed E-state index contributed by atoms with van der Waals surface area (Å²) in [6.07, 6.45) is 2.62. The Morgan fingerprint density at radius 2 is 1.89 bits per heavy atom. The number of benzene rings is 2. The quantitative estimate of drug-likeness (QED) is 0.327. The van der Waals surface area contributed by atoms with Gasteiger partial charge in [0.1, 0.15) is 5.75 Å². The molecule has 5 rings (SSSR count). The van der Waals surface area contributed by atoms with Crippen LogP contribution in [0.4, 0.5) is 5.95 Å². The standard InChI is InChI=1S/C27H30ClN5O2/c1-32(2)11-12-33-25-14-20(13-21-17-34-18-21)5-9-24(25)31-27(33)30-15-19-3-7-23(8-4-19)35-26-10-6-22(28)16-29-26/h3-10,14,16,21H,11-13,15,17-18H2,1-2H3,(H,30,31). The first-order chi connectivity index (χ1) is 17.0. The third kappa shape index (κ3) is 5.93. The number of ether oxygens (including phenoxy) is 2. The summed E-state index contributed by atoms with van der Waals surface area (Å²) in [6.45, 7) is 4.20. The van der Waals surface area contributed by atoms with Crippen molar-refractivity contribution in [1.29, 1.82) is 0 Å². The molecule has 0 unspecified atom stereocenters. The normalized spacial score (nSPS) is 13.8. The number of nitrogens with zero attached hydrogens (tertiary/aromatic N) is 4. The zero-order valence-electron chi connectivity index (χ0n) is 20.1. The van der Waals surface area contributed by atoms with Crippen LogP contribution in [0.5, 0.6) is 11.6 Å². The second-order valence-electron chi connectivity index (χ2n) is 9.24. The minimum absolute atomic E-state index is 0.513. The molecule has 0 saturated carbocycles. The Labute approximate surface area is 210 Å². The van der Waals surface area contributed by atoms with Gasteiger partial charge in [-0.15, -0.1) is 0 Å². The lowest BCUT2D eigenvalue weighted by molar-refractivity contribution is -0.0312. The topological polar surface area (TPSA) is 64.4 Å². The first-order valence-electron chi connectivity index (χ1n) is 11.9. The van der Waals surface area contributed by atoms with Crippen molar-refractivity contribution < 1.29 is 9.47 Å². The number of halogens is 1. The fourth-order valence-electron chi connectivity index (χ4n) is 4.09. The lowest BCUT2D eigenvalue weighted by Gasteiger charge is -2.25. The molecule has 0 bridgehead atoms. The van der Waals surface area contributed by atoms with E-state index in [1.54, 1.807) is 18.3 Å². The number of imidazole rings is 1. The number of anilines is 1. The van der Waals surface area contributed by atoms with E-state index in [1.807, 2.05) is 24.3 Å². The minimum atomic E-state index is 0.513. The summed E-state index contributed by atoms with van der Waals surface area (Å²) in [5, 5.41) is 4.13. The van der Waals surface area contributed by atoms with E-state index in [9.17, 15) is 0 Å². The Hall–Kier alpha value is -3.13. The molecule has 1 fully saturated rings. The van der Waals surface area contributed by atoms with Gasteiger partial charge in [-0.2, -0.15) is 0 Å². The summed E-state index contributed by atoms with van der Waals surface area (Å²) < 4.78 is 13.4. The van der Waals surface area contributed by atoms with E-state index >= 15 is 0 Å². The average molecular weight is 492 g/mol. The van der Waals surface area contributed by atoms with E-state index in [0.717, 1.165) is 55.5 Å². The van der Waals surface area contributed by atoms with Crippen LogP contribution in [0.25, 0.3) is 11.0 Å². The van der Waals surface area contributed by atoms with Gasteiger partial charge in [-0.05, 0) is 62.0 Å². The Morgan fingerprint density at radius 3 is 2.57 bits per heavy atom. The van der Waals surface area contributed by atoms with Crippen LogP contribution in [-0.2, 0) is 24.2 Å². The molecule has 8 heteroatoms. The highest BCUT2D eigenvalue weighted by molar-refractivity contribution is 6.30. The largest absolute Gasteiger partial charge is 0.439 e. The molecule has 0 amide bonds. The van der Waals surface area contributed by atoms with Gasteiger partial charge in [-0.3, -0.25) is 0 Å². The predicted molar refractivity (Wildman–Crippen MR) is 139 cm³/mol. The lowest BCUT2D eigenvalue weighted by Crippen LogP contribution is -2.29. The van der Waals surface area contributed by atoms with Crippen molar-refractivity contribution >= 4 is 28.6 Å². The van der Waals surface area contributed by atoms with Crippen LogP contribution in [0.3, 0.4) is 0 Å². The molecular weight excluding hydrogens is 462 g/mol. The maximum Gasteiger partial charge on any atom is 0.219 e. The van der Waals surface area contributed by atoms with Crippen LogP contribution in [0.2, 0.25) is 5.02 Å². The van der Waals surface area contributed by atoms with Crippen LogP contribution < -0.4 is 10.1 Å². The smallest absolute Gasteiger partial charge is 0.219 e. The highest BCUT2D eigenvalue weighted by Gasteiger charge is 2.19. The lowest BCUT2D eigenvalue weighted by atomic mass is 9.98. The van der Waals surface area contributed by atoms with Crippen molar-refractivity contribution in [2.24, 2.45) is 5.92 Å². The molecule has 182 valence electrons. The summed E-state index contributed by atoms with van der Waals surface area (Å²) in [5.41, 5.74) is 4.66. The fourth-order valence-corrected chi connectivity index (χ4v) is 4.20. The molecule has 4 aromatic rings. The monoisotopic (exact) mass is 491 g/mol. The molecule has 3 heterocycles. The van der Waals surface area contributed by atoms with Crippen molar-refractivity contribution in [3.8, 4) is 11.6 Å². The van der Waals surface area contributed by atoms with Gasteiger partial charge < -0.3 is 24.3 Å². The third-order valence-electron chi connectivity index (χ3n) is 6.11. The number of pyridine rings is 1. The van der Waals surface area contributed by atoms with Crippen molar-refractivity contribution in [3.63, 3.8) is 0 Å². The van der Waals surface area contributed by atoms with E-state index in [0.29, 0.717) is 23.4 Å². The molecule has 1 N–H and O–H groups in total. The van der Waals surface area contributed by atoms with Crippen molar-refractivity contribution in [3.05, 3.63) is 76.9 Å². The van der Waals surface area contributed by atoms with E-state index < -0.39 is 0 Å². The number of likely N-dealkylation sites (N-methyl/N-ethyl adjacent to an activating group) is 1. The van der Waals surface area contributed by atoms with Gasteiger partial charge in [0.15, 0.2) is 0 Å². The maximum atomic E-state index is 5.89. The average Bonchev–Trinajstić information content (AvgIpc) is 3.18. The van der Waals surface area contributed by atoms with E-state index in [2.05, 4.69) is 52.1 Å². The number of fused-ring (bicyclic) bond motifs is 1. The highest BCUT2D eigenvalue weighted by atomic mass is 35.5. The van der Waals surface area contributed by atoms with Gasteiger partial charge in [0.25, 0.3) is 0 Å². The minimum Gasteiger partial charge on any atom is -0.439 e. The SMILES string of the molecule is CN(C)CCn1c(NCc2ccc(Oc3ccc(Cl)cn3)cc2)nc2ccc(CC3COC3)cc21. The van der Waals surface area contributed by atoms with Gasteiger partial charge in [0, 0.05) is 37.8 Å². The Balaban J connectivity index is 1.29. The third-order valence-corrected chi connectivity index (χ3v) is 6.34. The number of hydrogen-bond acceptors (Lipinski definition) is 6. The number of aromatic nitrogens is 3. The molecule has 1 aliphatic rings.